The molecule has 0 bridgehead atoms. The number of halogens is 1. The molecule has 0 aliphatic carbocycles. The summed E-state index contributed by atoms with van der Waals surface area (Å²) in [6.45, 7) is 4.89. The predicted molar refractivity (Wildman–Crippen MR) is 68.8 cm³/mol. The highest BCUT2D eigenvalue weighted by atomic mass is 19.1. The Kier molecular flexibility index (Phi) is 4.84. The Morgan fingerprint density at radius 1 is 1.39 bits per heavy atom. The average molecular weight is 253 g/mol. The lowest BCUT2D eigenvalue weighted by atomic mass is 9.89. The molecule has 1 aromatic carbocycles. The third-order valence-corrected chi connectivity index (χ3v) is 2.73. The van der Waals surface area contributed by atoms with Gasteiger partial charge in [-0.3, -0.25) is 4.79 Å². The molecule has 3 nitrogen and oxygen atoms in total. The van der Waals surface area contributed by atoms with Crippen molar-refractivity contribution in [3.05, 3.63) is 35.6 Å². The van der Waals surface area contributed by atoms with Crippen LogP contribution in [0.4, 0.5) is 4.39 Å². The Bertz CT molecular complexity index is 418. The van der Waals surface area contributed by atoms with Gasteiger partial charge in [0.1, 0.15) is 5.82 Å². The van der Waals surface area contributed by atoms with Crippen LogP contribution >= 0.6 is 0 Å². The summed E-state index contributed by atoms with van der Waals surface area (Å²) in [5.41, 5.74) is 0.303. The van der Waals surface area contributed by atoms with Crippen molar-refractivity contribution in [2.24, 2.45) is 5.41 Å². The minimum absolute atomic E-state index is 0.106. The van der Waals surface area contributed by atoms with Crippen molar-refractivity contribution in [2.45, 2.75) is 26.8 Å². The van der Waals surface area contributed by atoms with E-state index in [0.29, 0.717) is 18.7 Å². The number of nitrogens with zero attached hydrogens (tertiary/aromatic N) is 1. The quantitative estimate of drug-likeness (QED) is 0.847. The minimum atomic E-state index is -0.806. The number of rotatable bonds is 6. The van der Waals surface area contributed by atoms with Crippen molar-refractivity contribution < 1.29 is 14.3 Å². The molecule has 0 aliphatic heterocycles. The first-order valence-corrected chi connectivity index (χ1v) is 5.94. The topological polar surface area (TPSA) is 40.5 Å². The lowest BCUT2D eigenvalue weighted by Gasteiger charge is -2.29. The molecule has 0 aromatic heterocycles. The van der Waals surface area contributed by atoms with Gasteiger partial charge in [-0.2, -0.15) is 0 Å². The van der Waals surface area contributed by atoms with E-state index in [0.717, 1.165) is 0 Å². The minimum Gasteiger partial charge on any atom is -0.481 e. The van der Waals surface area contributed by atoms with Crippen LogP contribution in [-0.4, -0.2) is 29.6 Å². The van der Waals surface area contributed by atoms with Crippen LogP contribution < -0.4 is 0 Å². The second-order valence-corrected chi connectivity index (χ2v) is 5.50. The number of benzene rings is 1. The molecule has 1 aromatic rings. The van der Waals surface area contributed by atoms with Crippen LogP contribution in [0.3, 0.4) is 0 Å². The third kappa shape index (κ3) is 4.84. The SMILES string of the molecule is CN(Cc1ccccc1F)CC(C)(C)CC(=O)O. The maximum absolute atomic E-state index is 13.5. The lowest BCUT2D eigenvalue weighted by Crippen LogP contribution is -2.33. The Balaban J connectivity index is 2.59. The fourth-order valence-electron chi connectivity index (χ4n) is 2.17. The van der Waals surface area contributed by atoms with Crippen molar-refractivity contribution in [3.8, 4) is 0 Å². The Morgan fingerprint density at radius 2 is 2.00 bits per heavy atom. The summed E-state index contributed by atoms with van der Waals surface area (Å²) in [4.78, 5) is 12.7. The molecule has 1 rings (SSSR count). The molecule has 0 heterocycles. The highest BCUT2D eigenvalue weighted by molar-refractivity contribution is 5.67. The van der Waals surface area contributed by atoms with E-state index in [2.05, 4.69) is 0 Å². The average Bonchev–Trinajstić information content (AvgIpc) is 2.18. The van der Waals surface area contributed by atoms with Gasteiger partial charge in [0.05, 0.1) is 6.42 Å². The summed E-state index contributed by atoms with van der Waals surface area (Å²) in [5.74, 6) is -1.03. The van der Waals surface area contributed by atoms with Gasteiger partial charge in [-0.25, -0.2) is 4.39 Å². The van der Waals surface area contributed by atoms with E-state index in [1.54, 1.807) is 18.2 Å². The van der Waals surface area contributed by atoms with Gasteiger partial charge in [-0.1, -0.05) is 32.0 Å². The van der Waals surface area contributed by atoms with Gasteiger partial charge in [-0.15, -0.1) is 0 Å². The molecule has 0 radical (unpaired) electrons. The van der Waals surface area contributed by atoms with Gasteiger partial charge in [0.2, 0.25) is 0 Å². The summed E-state index contributed by atoms with van der Waals surface area (Å²) in [5, 5.41) is 8.82. The van der Waals surface area contributed by atoms with Crippen LogP contribution in [-0.2, 0) is 11.3 Å². The van der Waals surface area contributed by atoms with E-state index < -0.39 is 5.97 Å². The Hall–Kier alpha value is -1.42. The normalized spacial score (nSPS) is 11.8. The molecule has 1 N–H and O–H groups in total. The molecule has 0 saturated carbocycles. The van der Waals surface area contributed by atoms with E-state index in [1.165, 1.54) is 6.07 Å². The number of hydrogen-bond acceptors (Lipinski definition) is 2. The second-order valence-electron chi connectivity index (χ2n) is 5.50. The summed E-state index contributed by atoms with van der Waals surface area (Å²) in [6.07, 6.45) is 0.106. The first-order chi connectivity index (χ1) is 8.30. The van der Waals surface area contributed by atoms with Crippen molar-refractivity contribution in [2.75, 3.05) is 13.6 Å². The second kappa shape index (κ2) is 5.96. The smallest absolute Gasteiger partial charge is 0.303 e. The van der Waals surface area contributed by atoms with Crippen molar-refractivity contribution >= 4 is 5.97 Å². The Morgan fingerprint density at radius 3 is 2.56 bits per heavy atom. The molecule has 0 atom stereocenters. The molecule has 0 spiro atoms. The van der Waals surface area contributed by atoms with Gasteiger partial charge in [0.25, 0.3) is 0 Å². The first kappa shape index (κ1) is 14.6. The van der Waals surface area contributed by atoms with Crippen LogP contribution in [0.1, 0.15) is 25.8 Å². The number of carbonyl (C=O) groups is 1. The molecule has 0 fully saturated rings. The number of carboxylic acids is 1. The van der Waals surface area contributed by atoms with Crippen LogP contribution in [0, 0.1) is 11.2 Å². The van der Waals surface area contributed by atoms with E-state index >= 15 is 0 Å². The maximum atomic E-state index is 13.5. The maximum Gasteiger partial charge on any atom is 0.303 e. The summed E-state index contributed by atoms with van der Waals surface area (Å²) >= 11 is 0. The van der Waals surface area contributed by atoms with E-state index in [-0.39, 0.29) is 17.7 Å². The lowest BCUT2D eigenvalue weighted by molar-refractivity contribution is -0.139. The molecule has 0 saturated heterocycles. The molecule has 0 aliphatic rings. The van der Waals surface area contributed by atoms with Crippen molar-refractivity contribution in [1.29, 1.82) is 0 Å². The van der Waals surface area contributed by atoms with Gasteiger partial charge < -0.3 is 10.0 Å². The van der Waals surface area contributed by atoms with E-state index in [4.69, 9.17) is 5.11 Å². The molecule has 18 heavy (non-hydrogen) atoms. The van der Waals surface area contributed by atoms with E-state index in [1.807, 2.05) is 25.8 Å². The van der Waals surface area contributed by atoms with Gasteiger partial charge in [0, 0.05) is 18.7 Å². The van der Waals surface area contributed by atoms with Gasteiger partial charge >= 0.3 is 5.97 Å². The fourth-order valence-corrected chi connectivity index (χ4v) is 2.17. The standard InChI is InChI=1S/C14H20FNO2/c1-14(2,8-13(17)18)10-16(3)9-11-6-4-5-7-12(11)15/h4-7H,8-10H2,1-3H3,(H,17,18). The summed E-state index contributed by atoms with van der Waals surface area (Å²) in [7, 11) is 1.87. The highest BCUT2D eigenvalue weighted by Gasteiger charge is 2.23. The van der Waals surface area contributed by atoms with E-state index in [9.17, 15) is 9.18 Å². The number of aliphatic carboxylic acids is 1. The van der Waals surface area contributed by atoms with Crippen LogP contribution in [0.2, 0.25) is 0 Å². The zero-order valence-electron chi connectivity index (χ0n) is 11.1. The van der Waals surface area contributed by atoms with Crippen molar-refractivity contribution in [3.63, 3.8) is 0 Å². The molecule has 0 unspecified atom stereocenters. The highest BCUT2D eigenvalue weighted by Crippen LogP contribution is 2.22. The van der Waals surface area contributed by atoms with Gasteiger partial charge in [0.15, 0.2) is 0 Å². The zero-order chi connectivity index (χ0) is 13.8. The first-order valence-electron chi connectivity index (χ1n) is 5.94. The van der Waals surface area contributed by atoms with Crippen LogP contribution in [0.25, 0.3) is 0 Å². The number of carboxylic acid groups (broad SMARTS) is 1. The molecule has 4 heteroatoms. The number of hydrogen-bond donors (Lipinski definition) is 1. The molecular weight excluding hydrogens is 233 g/mol. The largest absolute Gasteiger partial charge is 0.481 e. The van der Waals surface area contributed by atoms with Gasteiger partial charge in [-0.05, 0) is 18.5 Å². The van der Waals surface area contributed by atoms with Crippen LogP contribution in [0.5, 0.6) is 0 Å². The van der Waals surface area contributed by atoms with Crippen molar-refractivity contribution in [1.82, 2.24) is 4.90 Å². The predicted octanol–water partition coefficient (Wildman–Crippen LogP) is 2.76. The zero-order valence-corrected chi connectivity index (χ0v) is 11.1. The molecule has 100 valence electrons. The Labute approximate surface area is 107 Å². The fraction of sp³-hybridized carbons (Fsp3) is 0.500. The monoisotopic (exact) mass is 253 g/mol. The molecule has 0 amide bonds. The van der Waals surface area contributed by atoms with Crippen LogP contribution in [0.15, 0.2) is 24.3 Å². The summed E-state index contributed by atoms with van der Waals surface area (Å²) in [6, 6.07) is 6.64. The third-order valence-electron chi connectivity index (χ3n) is 2.73. The summed E-state index contributed by atoms with van der Waals surface area (Å²) < 4.78 is 13.5. The molecular formula is C14H20FNO2.